The molecule has 3 nitrogen and oxygen atoms in total. The first kappa shape index (κ1) is 13.2. The number of fused-ring (bicyclic) bond motifs is 1. The maximum atomic E-state index is 4.50. The van der Waals surface area contributed by atoms with Gasteiger partial charge in [0.15, 0.2) is 0 Å². The number of thiophene rings is 2. The molecule has 104 valence electrons. The first-order valence-corrected chi connectivity index (χ1v) is 9.76. The van der Waals surface area contributed by atoms with Gasteiger partial charge in [0.05, 0.1) is 0 Å². The van der Waals surface area contributed by atoms with Crippen molar-refractivity contribution in [2.24, 2.45) is 0 Å². The average molecular weight is 376 g/mol. The Bertz CT molecular complexity index is 864. The Morgan fingerprint density at radius 2 is 2.10 bits per heavy atom. The maximum absolute atomic E-state index is 4.50. The van der Waals surface area contributed by atoms with Gasteiger partial charge in [0, 0.05) is 0 Å². The van der Waals surface area contributed by atoms with Gasteiger partial charge in [0.1, 0.15) is 0 Å². The summed E-state index contributed by atoms with van der Waals surface area (Å²) in [5.41, 5.74) is 4.44. The van der Waals surface area contributed by atoms with Crippen LogP contribution in [0.1, 0.15) is 4.88 Å². The quantitative estimate of drug-likeness (QED) is 0.545. The summed E-state index contributed by atoms with van der Waals surface area (Å²) >= 11 is 3.60. The number of rotatable bonds is 4. The van der Waals surface area contributed by atoms with Gasteiger partial charge in [-0.25, -0.2) is 0 Å². The number of anilines is 1. The number of nitrogens with zero attached hydrogens (tertiary/aromatic N) is 2. The fourth-order valence-electron chi connectivity index (χ4n) is 2.18. The third-order valence-corrected chi connectivity index (χ3v) is 6.19. The number of aromatic nitrogens is 2. The SMILES string of the molecule is c1csc(-c2csc(CNc3cccc4n[se]nc34)c2)c1. The zero-order valence-corrected chi connectivity index (χ0v) is 14.3. The normalized spacial score (nSPS) is 11.0. The monoisotopic (exact) mass is 377 g/mol. The topological polar surface area (TPSA) is 37.8 Å². The number of benzene rings is 1. The van der Waals surface area contributed by atoms with Crippen LogP contribution in [0.2, 0.25) is 0 Å². The van der Waals surface area contributed by atoms with Crippen molar-refractivity contribution in [3.05, 3.63) is 52.0 Å². The third-order valence-electron chi connectivity index (χ3n) is 3.20. The van der Waals surface area contributed by atoms with Crippen LogP contribution in [0.3, 0.4) is 0 Å². The molecular weight excluding hydrogens is 365 g/mol. The van der Waals surface area contributed by atoms with E-state index in [-0.39, 0.29) is 15.0 Å². The van der Waals surface area contributed by atoms with Gasteiger partial charge in [-0.2, -0.15) is 0 Å². The van der Waals surface area contributed by atoms with E-state index in [0.717, 1.165) is 23.3 Å². The molecule has 0 radical (unpaired) electrons. The van der Waals surface area contributed by atoms with Crippen molar-refractivity contribution in [2.45, 2.75) is 6.54 Å². The molecule has 3 heterocycles. The van der Waals surface area contributed by atoms with Crippen LogP contribution in [0.4, 0.5) is 5.69 Å². The fraction of sp³-hybridized carbons (Fsp3) is 0.0667. The molecule has 0 fully saturated rings. The summed E-state index contributed by atoms with van der Waals surface area (Å²) in [7, 11) is 0. The average Bonchev–Trinajstić information content (AvgIpc) is 3.23. The van der Waals surface area contributed by atoms with Crippen molar-refractivity contribution >= 4 is 54.4 Å². The molecule has 21 heavy (non-hydrogen) atoms. The molecule has 4 rings (SSSR count). The van der Waals surface area contributed by atoms with Crippen LogP contribution < -0.4 is 5.32 Å². The van der Waals surface area contributed by atoms with Crippen LogP contribution in [0.25, 0.3) is 21.5 Å². The molecule has 4 aromatic rings. The second-order valence-corrected chi connectivity index (χ2v) is 7.62. The fourth-order valence-corrected chi connectivity index (χ4v) is 4.94. The van der Waals surface area contributed by atoms with Gasteiger partial charge in [-0.15, -0.1) is 0 Å². The summed E-state index contributed by atoms with van der Waals surface area (Å²) in [5, 5.41) is 7.83. The van der Waals surface area contributed by atoms with Crippen LogP contribution in [-0.2, 0) is 6.54 Å². The van der Waals surface area contributed by atoms with Gasteiger partial charge in [0.2, 0.25) is 0 Å². The van der Waals surface area contributed by atoms with E-state index in [2.05, 4.69) is 48.3 Å². The Morgan fingerprint density at radius 1 is 1.10 bits per heavy atom. The standard InChI is InChI=1S/C15H11N3S2Se/c1-3-12(15-13(4-1)17-21-18-15)16-8-11-7-10(9-20-11)14-5-2-6-19-14/h1-7,9,16H,8H2. The summed E-state index contributed by atoms with van der Waals surface area (Å²) in [6, 6.07) is 12.7. The van der Waals surface area contributed by atoms with E-state index in [0.29, 0.717) is 0 Å². The molecule has 0 unspecified atom stereocenters. The van der Waals surface area contributed by atoms with Crippen LogP contribution in [0.5, 0.6) is 0 Å². The van der Waals surface area contributed by atoms with Gasteiger partial charge in [-0.05, 0) is 0 Å². The molecule has 0 aliphatic carbocycles. The Balaban J connectivity index is 1.53. The predicted molar refractivity (Wildman–Crippen MR) is 91.4 cm³/mol. The molecule has 0 bridgehead atoms. The molecule has 0 aliphatic heterocycles. The first-order valence-electron chi connectivity index (χ1n) is 6.46. The Morgan fingerprint density at radius 3 is 3.00 bits per heavy atom. The van der Waals surface area contributed by atoms with Crippen molar-refractivity contribution in [1.29, 1.82) is 0 Å². The van der Waals surface area contributed by atoms with Crippen molar-refractivity contribution in [1.82, 2.24) is 7.96 Å². The molecule has 3 aromatic heterocycles. The summed E-state index contributed by atoms with van der Waals surface area (Å²) in [4.78, 5) is 2.66. The van der Waals surface area contributed by atoms with Crippen molar-refractivity contribution in [2.75, 3.05) is 5.32 Å². The second kappa shape index (κ2) is 5.73. The van der Waals surface area contributed by atoms with Crippen molar-refractivity contribution in [3.63, 3.8) is 0 Å². The van der Waals surface area contributed by atoms with E-state index in [1.54, 1.807) is 22.7 Å². The molecule has 6 heteroatoms. The zero-order valence-electron chi connectivity index (χ0n) is 10.9. The molecule has 0 atom stereocenters. The number of nitrogens with one attached hydrogen (secondary N) is 1. The van der Waals surface area contributed by atoms with Gasteiger partial charge >= 0.3 is 137 Å². The molecule has 0 saturated heterocycles. The number of hydrogen-bond donors (Lipinski definition) is 1. The molecule has 0 aliphatic rings. The minimum atomic E-state index is 0.0232. The van der Waals surface area contributed by atoms with Crippen LogP contribution in [-0.4, -0.2) is 22.9 Å². The zero-order chi connectivity index (χ0) is 14.1. The third kappa shape index (κ3) is 2.68. The number of hydrogen-bond acceptors (Lipinski definition) is 5. The van der Waals surface area contributed by atoms with E-state index in [4.69, 9.17) is 0 Å². The molecule has 0 spiro atoms. The van der Waals surface area contributed by atoms with Crippen LogP contribution >= 0.6 is 22.7 Å². The van der Waals surface area contributed by atoms with Crippen molar-refractivity contribution in [3.8, 4) is 10.4 Å². The van der Waals surface area contributed by atoms with Crippen molar-refractivity contribution < 1.29 is 0 Å². The first-order chi connectivity index (χ1) is 10.4. The summed E-state index contributed by atoms with van der Waals surface area (Å²) in [6.45, 7) is 0.828. The van der Waals surface area contributed by atoms with Gasteiger partial charge < -0.3 is 0 Å². The van der Waals surface area contributed by atoms with E-state index < -0.39 is 0 Å². The Kier molecular flexibility index (Phi) is 3.61. The molecule has 0 saturated carbocycles. The van der Waals surface area contributed by atoms with E-state index in [9.17, 15) is 0 Å². The van der Waals surface area contributed by atoms with E-state index in [1.807, 2.05) is 12.1 Å². The van der Waals surface area contributed by atoms with Gasteiger partial charge in [0.25, 0.3) is 0 Å². The van der Waals surface area contributed by atoms with Gasteiger partial charge in [-0.1, -0.05) is 0 Å². The molecular formula is C15H11N3S2Se. The molecule has 0 amide bonds. The van der Waals surface area contributed by atoms with Gasteiger partial charge in [-0.3, -0.25) is 0 Å². The van der Waals surface area contributed by atoms with E-state index >= 15 is 0 Å². The summed E-state index contributed by atoms with van der Waals surface area (Å²) in [5.74, 6) is 0. The van der Waals surface area contributed by atoms with E-state index in [1.165, 1.54) is 15.3 Å². The molecule has 1 aromatic carbocycles. The predicted octanol–water partition coefficient (Wildman–Crippen LogP) is 4.09. The minimum absolute atomic E-state index is 0.0232. The second-order valence-electron chi connectivity index (χ2n) is 4.57. The Labute approximate surface area is 136 Å². The Hall–Kier alpha value is -1.46. The van der Waals surface area contributed by atoms with Crippen LogP contribution in [0.15, 0.2) is 47.2 Å². The summed E-state index contributed by atoms with van der Waals surface area (Å²) < 4.78 is 8.91. The summed E-state index contributed by atoms with van der Waals surface area (Å²) in [6.07, 6.45) is 0. The molecule has 1 N–H and O–H groups in total. The van der Waals surface area contributed by atoms with Crippen LogP contribution in [0, 0.1) is 0 Å².